The summed E-state index contributed by atoms with van der Waals surface area (Å²) in [6, 6.07) is 22.2. The standard InChI is InChI=1S/C19H20N2O3S.C17H16N2O3S/c1-3-24-18(23)19(11-13-7-4-5-8-14(13)12-19)21-16(22)15-9-6-10-20-17(15)25-2;1-23-15-13(7-4-8-18-15)14(20)19-17(16(21)22)9-11-5-2-3-6-12(11)10-17/h4-10H,3,11-12H2,1-2H3,(H,21,22);2-8H,9-10H2,1H3,(H,19,20)(H,21,22). The highest BCUT2D eigenvalue weighted by atomic mass is 32.2. The normalized spacial score (nSPS) is 14.8. The van der Waals surface area contributed by atoms with Gasteiger partial charge in [-0.2, -0.15) is 0 Å². The van der Waals surface area contributed by atoms with Crippen LogP contribution in [0.2, 0.25) is 0 Å². The second-order valence-electron chi connectivity index (χ2n) is 11.5. The predicted octanol–water partition coefficient (Wildman–Crippen LogP) is 4.79. The summed E-state index contributed by atoms with van der Waals surface area (Å²) in [5, 5.41) is 16.6. The molecule has 0 saturated carbocycles. The van der Waals surface area contributed by atoms with Gasteiger partial charge in [-0.25, -0.2) is 19.6 Å². The molecule has 3 N–H and O–H groups in total. The van der Waals surface area contributed by atoms with Crippen molar-refractivity contribution in [3.63, 3.8) is 0 Å². The average molecular weight is 685 g/mol. The molecule has 2 aliphatic rings. The number of benzene rings is 2. The number of carbonyl (C=O) groups is 4. The molecule has 0 atom stereocenters. The number of esters is 1. The van der Waals surface area contributed by atoms with Crippen LogP contribution in [0.1, 0.15) is 49.9 Å². The van der Waals surface area contributed by atoms with Crippen molar-refractivity contribution in [3.8, 4) is 0 Å². The van der Waals surface area contributed by atoms with Gasteiger partial charge in [0, 0.05) is 38.1 Å². The molecular formula is C36H36N4O6S2. The van der Waals surface area contributed by atoms with Gasteiger partial charge >= 0.3 is 11.9 Å². The van der Waals surface area contributed by atoms with E-state index in [1.54, 1.807) is 43.6 Å². The fourth-order valence-electron chi connectivity index (χ4n) is 6.10. The molecule has 6 rings (SSSR count). The molecule has 2 amide bonds. The zero-order chi connectivity index (χ0) is 34.3. The minimum Gasteiger partial charge on any atom is -0.479 e. The summed E-state index contributed by atoms with van der Waals surface area (Å²) in [5.41, 5.74) is 2.55. The molecular weight excluding hydrogens is 649 g/mol. The number of thioether (sulfide) groups is 2. The number of aromatic nitrogens is 2. The molecule has 0 aliphatic heterocycles. The first kappa shape index (κ1) is 34.6. The Balaban J connectivity index is 0.000000188. The second-order valence-corrected chi connectivity index (χ2v) is 13.1. The molecule has 0 unspecified atom stereocenters. The summed E-state index contributed by atoms with van der Waals surface area (Å²) >= 11 is 2.76. The van der Waals surface area contributed by atoms with Crippen molar-refractivity contribution in [2.75, 3.05) is 19.1 Å². The number of hydrogen-bond donors (Lipinski definition) is 3. The van der Waals surface area contributed by atoms with Crippen LogP contribution in [0, 0.1) is 0 Å². The van der Waals surface area contributed by atoms with E-state index >= 15 is 0 Å². The molecule has 0 fully saturated rings. The Bertz CT molecular complexity index is 1800. The van der Waals surface area contributed by atoms with E-state index in [0.717, 1.165) is 22.3 Å². The number of hydrogen-bond acceptors (Lipinski definition) is 9. The number of carboxylic acid groups (broad SMARTS) is 1. The van der Waals surface area contributed by atoms with Gasteiger partial charge in [0.05, 0.1) is 17.7 Å². The smallest absolute Gasteiger partial charge is 0.332 e. The van der Waals surface area contributed by atoms with Crippen LogP contribution in [0.25, 0.3) is 0 Å². The van der Waals surface area contributed by atoms with Gasteiger partial charge in [-0.15, -0.1) is 23.5 Å². The summed E-state index contributed by atoms with van der Waals surface area (Å²) in [6.07, 6.45) is 8.41. The number of aliphatic carboxylic acids is 1. The highest BCUT2D eigenvalue weighted by molar-refractivity contribution is 7.98. The first-order chi connectivity index (χ1) is 23.1. The molecule has 2 heterocycles. The van der Waals surface area contributed by atoms with Crippen molar-refractivity contribution in [1.29, 1.82) is 0 Å². The first-order valence-corrected chi connectivity index (χ1v) is 17.8. The number of rotatable bonds is 9. The van der Waals surface area contributed by atoms with E-state index in [4.69, 9.17) is 4.74 Å². The quantitative estimate of drug-likeness (QED) is 0.166. The molecule has 0 spiro atoms. The minimum absolute atomic E-state index is 0.274. The van der Waals surface area contributed by atoms with Crippen LogP contribution in [0.4, 0.5) is 0 Å². The third kappa shape index (κ3) is 7.24. The van der Waals surface area contributed by atoms with Crippen molar-refractivity contribution in [1.82, 2.24) is 20.6 Å². The Kier molecular flexibility index (Phi) is 10.9. The summed E-state index contributed by atoms with van der Waals surface area (Å²) < 4.78 is 5.28. The number of carboxylic acids is 1. The monoisotopic (exact) mass is 684 g/mol. The van der Waals surface area contributed by atoms with Crippen molar-refractivity contribution in [3.05, 3.63) is 119 Å². The lowest BCUT2D eigenvalue weighted by Gasteiger charge is -2.28. The zero-order valence-corrected chi connectivity index (χ0v) is 28.5. The number of carbonyl (C=O) groups excluding carboxylic acids is 3. The van der Waals surface area contributed by atoms with Gasteiger partial charge in [-0.3, -0.25) is 9.59 Å². The van der Waals surface area contributed by atoms with Crippen molar-refractivity contribution in [2.24, 2.45) is 0 Å². The van der Waals surface area contributed by atoms with Gasteiger partial charge in [0.2, 0.25) is 0 Å². The second kappa shape index (κ2) is 15.0. The molecule has 10 nitrogen and oxygen atoms in total. The Labute approximate surface area is 287 Å². The van der Waals surface area contributed by atoms with Crippen LogP contribution < -0.4 is 10.6 Å². The number of pyridine rings is 2. The van der Waals surface area contributed by atoms with Crippen LogP contribution in [0.3, 0.4) is 0 Å². The minimum atomic E-state index is -1.30. The fourth-order valence-corrected chi connectivity index (χ4v) is 7.19. The Morgan fingerprint density at radius 2 is 1.08 bits per heavy atom. The summed E-state index contributed by atoms with van der Waals surface area (Å²) in [6.45, 7) is 2.04. The molecule has 2 aromatic heterocycles. The van der Waals surface area contributed by atoms with E-state index in [9.17, 15) is 24.3 Å². The maximum absolute atomic E-state index is 12.9. The van der Waals surface area contributed by atoms with Crippen molar-refractivity contribution >= 4 is 47.3 Å². The van der Waals surface area contributed by atoms with E-state index < -0.39 is 28.9 Å². The summed E-state index contributed by atoms with van der Waals surface area (Å²) in [5.74, 6) is -2.12. The van der Waals surface area contributed by atoms with Crippen LogP contribution in [0.15, 0.2) is 95.2 Å². The van der Waals surface area contributed by atoms with E-state index in [0.29, 0.717) is 46.9 Å². The zero-order valence-electron chi connectivity index (χ0n) is 26.8. The lowest BCUT2D eigenvalue weighted by Crippen LogP contribution is -2.56. The predicted molar refractivity (Wildman–Crippen MR) is 184 cm³/mol. The van der Waals surface area contributed by atoms with Gasteiger partial charge in [-0.05, 0) is 66.0 Å². The molecule has 0 radical (unpaired) electrons. The number of nitrogens with one attached hydrogen (secondary N) is 2. The maximum Gasteiger partial charge on any atom is 0.332 e. The molecule has 12 heteroatoms. The number of amides is 2. The third-order valence-electron chi connectivity index (χ3n) is 8.41. The Morgan fingerprint density at radius 3 is 1.46 bits per heavy atom. The molecule has 2 aromatic carbocycles. The molecule has 48 heavy (non-hydrogen) atoms. The van der Waals surface area contributed by atoms with Crippen LogP contribution in [-0.2, 0) is 40.0 Å². The van der Waals surface area contributed by atoms with Crippen molar-refractivity contribution < 1.29 is 29.0 Å². The summed E-state index contributed by atoms with van der Waals surface area (Å²) in [4.78, 5) is 58.4. The van der Waals surface area contributed by atoms with Gasteiger partial charge in [0.25, 0.3) is 11.8 Å². The maximum atomic E-state index is 12.9. The largest absolute Gasteiger partial charge is 0.479 e. The highest BCUT2D eigenvalue weighted by Crippen LogP contribution is 2.33. The first-order valence-electron chi connectivity index (χ1n) is 15.3. The number of nitrogens with zero attached hydrogens (tertiary/aromatic N) is 2. The van der Waals surface area contributed by atoms with Crippen molar-refractivity contribution in [2.45, 2.75) is 53.7 Å². The Hall–Kier alpha value is -4.68. The van der Waals surface area contributed by atoms with Gasteiger partial charge < -0.3 is 20.5 Å². The lowest BCUT2D eigenvalue weighted by molar-refractivity contribution is -0.150. The molecule has 4 aromatic rings. The van der Waals surface area contributed by atoms with Crippen LogP contribution in [-0.4, -0.2) is 69.0 Å². The number of fused-ring (bicyclic) bond motifs is 2. The SMILES string of the molecule is CCOC(=O)C1(NC(=O)c2cccnc2SC)Cc2ccccc2C1.CSc1ncccc1C(=O)NC1(C(=O)O)Cc2ccccc2C1. The van der Waals surface area contributed by atoms with E-state index in [1.807, 2.05) is 61.0 Å². The molecule has 248 valence electrons. The van der Waals surface area contributed by atoms with E-state index in [1.165, 1.54) is 23.5 Å². The van der Waals surface area contributed by atoms with Crippen LogP contribution in [0.5, 0.6) is 0 Å². The van der Waals surface area contributed by atoms with Gasteiger partial charge in [0.1, 0.15) is 21.1 Å². The van der Waals surface area contributed by atoms with E-state index in [-0.39, 0.29) is 12.5 Å². The topological polar surface area (TPSA) is 148 Å². The van der Waals surface area contributed by atoms with Crippen LogP contribution >= 0.6 is 23.5 Å². The number of ether oxygens (including phenoxy) is 1. The molecule has 2 aliphatic carbocycles. The third-order valence-corrected chi connectivity index (χ3v) is 9.83. The average Bonchev–Trinajstić information content (AvgIpc) is 3.68. The molecule has 0 bridgehead atoms. The fraction of sp³-hybridized carbons (Fsp3) is 0.278. The van der Waals surface area contributed by atoms with E-state index in [2.05, 4.69) is 20.6 Å². The van der Waals surface area contributed by atoms with Gasteiger partial charge in [0.15, 0.2) is 0 Å². The Morgan fingerprint density at radius 1 is 0.688 bits per heavy atom. The highest BCUT2D eigenvalue weighted by Gasteiger charge is 2.47. The summed E-state index contributed by atoms with van der Waals surface area (Å²) in [7, 11) is 0. The lowest BCUT2D eigenvalue weighted by atomic mass is 9.95. The van der Waals surface area contributed by atoms with Gasteiger partial charge in [-0.1, -0.05) is 48.5 Å². The molecule has 0 saturated heterocycles.